The summed E-state index contributed by atoms with van der Waals surface area (Å²) >= 11 is 0. The molecule has 3 rings (SSSR count). The van der Waals surface area contributed by atoms with Crippen molar-refractivity contribution in [3.8, 4) is 0 Å². The van der Waals surface area contributed by atoms with Gasteiger partial charge in [-0.05, 0) is 17.7 Å². The molecule has 1 aliphatic heterocycles. The van der Waals surface area contributed by atoms with Crippen LogP contribution in [0.5, 0.6) is 0 Å². The van der Waals surface area contributed by atoms with E-state index in [2.05, 4.69) is 20.0 Å². The first-order valence-electron chi connectivity index (χ1n) is 7.43. The monoisotopic (exact) mass is 350 g/mol. The summed E-state index contributed by atoms with van der Waals surface area (Å²) in [5.41, 5.74) is 0.918. The van der Waals surface area contributed by atoms with Gasteiger partial charge in [0, 0.05) is 38.2 Å². The van der Waals surface area contributed by atoms with Crippen LogP contribution in [0.1, 0.15) is 22.1 Å². The molecule has 24 heavy (non-hydrogen) atoms. The van der Waals surface area contributed by atoms with Crippen molar-refractivity contribution >= 4 is 16.0 Å². The number of hydrogen-bond acceptors (Lipinski definition) is 6. The molecule has 0 aromatic carbocycles. The first-order valence-corrected chi connectivity index (χ1v) is 8.87. The lowest BCUT2D eigenvalue weighted by Gasteiger charge is -2.35. The Morgan fingerprint density at radius 2 is 2.29 bits per heavy atom. The SMILES string of the molecule is COC(=O)c1cc(S(=O)(=O)N2CCNCC2c2cccnc2)c[nH]1. The molecule has 128 valence electrons. The number of aromatic nitrogens is 2. The van der Waals surface area contributed by atoms with Gasteiger partial charge in [0.25, 0.3) is 0 Å². The normalized spacial score (nSPS) is 19.1. The first kappa shape index (κ1) is 16.6. The summed E-state index contributed by atoms with van der Waals surface area (Å²) in [6.45, 7) is 1.39. The van der Waals surface area contributed by atoms with E-state index >= 15 is 0 Å². The number of H-pyrrole nitrogens is 1. The Kier molecular flexibility index (Phi) is 4.65. The summed E-state index contributed by atoms with van der Waals surface area (Å²) in [5, 5.41) is 3.20. The number of rotatable bonds is 4. The molecule has 2 N–H and O–H groups in total. The van der Waals surface area contributed by atoms with Crippen molar-refractivity contribution in [1.82, 2.24) is 19.6 Å². The Morgan fingerprint density at radius 3 is 3.00 bits per heavy atom. The van der Waals surface area contributed by atoms with E-state index in [0.717, 1.165) is 5.56 Å². The number of pyridine rings is 1. The topological polar surface area (TPSA) is 104 Å². The van der Waals surface area contributed by atoms with Crippen LogP contribution in [-0.4, -0.2) is 55.4 Å². The molecular weight excluding hydrogens is 332 g/mol. The summed E-state index contributed by atoms with van der Waals surface area (Å²) in [5.74, 6) is -0.611. The summed E-state index contributed by atoms with van der Waals surface area (Å²) in [7, 11) is -2.51. The number of methoxy groups -OCH3 is 1. The van der Waals surface area contributed by atoms with Crippen LogP contribution >= 0.6 is 0 Å². The Labute approximate surface area is 139 Å². The zero-order valence-electron chi connectivity index (χ0n) is 13.1. The molecule has 2 aromatic heterocycles. The number of hydrogen-bond donors (Lipinski definition) is 2. The molecule has 3 heterocycles. The molecule has 1 saturated heterocycles. The van der Waals surface area contributed by atoms with Crippen molar-refractivity contribution in [2.45, 2.75) is 10.9 Å². The van der Waals surface area contributed by atoms with E-state index in [-0.39, 0.29) is 16.6 Å². The van der Waals surface area contributed by atoms with E-state index in [1.54, 1.807) is 18.5 Å². The van der Waals surface area contributed by atoms with E-state index < -0.39 is 16.0 Å². The average molecular weight is 350 g/mol. The lowest BCUT2D eigenvalue weighted by molar-refractivity contribution is 0.0594. The van der Waals surface area contributed by atoms with Crippen LogP contribution in [0.25, 0.3) is 0 Å². The fourth-order valence-electron chi connectivity index (χ4n) is 2.72. The zero-order valence-corrected chi connectivity index (χ0v) is 13.9. The molecule has 8 nitrogen and oxygen atoms in total. The molecule has 1 fully saturated rings. The van der Waals surface area contributed by atoms with Gasteiger partial charge in [0.05, 0.1) is 13.2 Å². The molecule has 0 spiro atoms. The number of sulfonamides is 1. The predicted molar refractivity (Wildman–Crippen MR) is 85.9 cm³/mol. The molecule has 1 unspecified atom stereocenters. The van der Waals surface area contributed by atoms with Gasteiger partial charge >= 0.3 is 5.97 Å². The number of nitrogens with one attached hydrogen (secondary N) is 2. The third-order valence-electron chi connectivity index (χ3n) is 3.93. The molecule has 0 aliphatic carbocycles. The van der Waals surface area contributed by atoms with Gasteiger partial charge < -0.3 is 15.0 Å². The van der Waals surface area contributed by atoms with Gasteiger partial charge in [-0.3, -0.25) is 4.98 Å². The fourth-order valence-corrected chi connectivity index (χ4v) is 4.33. The van der Waals surface area contributed by atoms with Crippen LogP contribution in [0.3, 0.4) is 0 Å². The minimum atomic E-state index is -3.75. The predicted octanol–water partition coefficient (Wildman–Crippen LogP) is 0.531. The number of piperazine rings is 1. The Morgan fingerprint density at radius 1 is 1.46 bits per heavy atom. The number of esters is 1. The lowest BCUT2D eigenvalue weighted by atomic mass is 10.1. The number of carbonyl (C=O) groups excluding carboxylic acids is 1. The van der Waals surface area contributed by atoms with E-state index in [1.807, 2.05) is 6.07 Å². The van der Waals surface area contributed by atoms with Gasteiger partial charge in [-0.1, -0.05) is 6.07 Å². The van der Waals surface area contributed by atoms with Gasteiger partial charge in [0.1, 0.15) is 10.6 Å². The Balaban J connectivity index is 1.94. The maximum absolute atomic E-state index is 13.0. The van der Waals surface area contributed by atoms with Crippen LogP contribution in [0.15, 0.2) is 41.7 Å². The standard InChI is InChI=1S/C15H18N4O4S/c1-23-15(20)13-7-12(9-18-13)24(21,22)19-6-5-17-10-14(19)11-3-2-4-16-8-11/h2-4,7-9,14,17-18H,5-6,10H2,1H3. The minimum Gasteiger partial charge on any atom is -0.464 e. The van der Waals surface area contributed by atoms with Gasteiger partial charge in [-0.2, -0.15) is 4.31 Å². The van der Waals surface area contributed by atoms with E-state index in [1.165, 1.54) is 23.7 Å². The maximum Gasteiger partial charge on any atom is 0.354 e. The minimum absolute atomic E-state index is 0.0405. The van der Waals surface area contributed by atoms with Crippen molar-refractivity contribution < 1.29 is 17.9 Å². The summed E-state index contributed by atoms with van der Waals surface area (Å²) in [4.78, 5) is 18.3. The highest BCUT2D eigenvalue weighted by Gasteiger charge is 2.35. The molecule has 1 aliphatic rings. The molecule has 0 bridgehead atoms. The highest BCUT2D eigenvalue weighted by atomic mass is 32.2. The number of carbonyl (C=O) groups is 1. The van der Waals surface area contributed by atoms with Crippen molar-refractivity contribution in [2.75, 3.05) is 26.7 Å². The molecular formula is C15H18N4O4S. The largest absolute Gasteiger partial charge is 0.464 e. The van der Waals surface area contributed by atoms with Crippen LogP contribution in [0.2, 0.25) is 0 Å². The van der Waals surface area contributed by atoms with E-state index in [9.17, 15) is 13.2 Å². The average Bonchev–Trinajstić information content (AvgIpc) is 3.13. The second-order valence-electron chi connectivity index (χ2n) is 5.36. The van der Waals surface area contributed by atoms with Crippen LogP contribution < -0.4 is 5.32 Å². The molecule has 2 aromatic rings. The maximum atomic E-state index is 13.0. The molecule has 1 atom stereocenters. The summed E-state index contributed by atoms with van der Waals surface area (Å²) < 4.78 is 32.0. The highest BCUT2D eigenvalue weighted by molar-refractivity contribution is 7.89. The van der Waals surface area contributed by atoms with Crippen LogP contribution in [0.4, 0.5) is 0 Å². The third kappa shape index (κ3) is 3.05. The second kappa shape index (κ2) is 6.71. The van der Waals surface area contributed by atoms with Crippen LogP contribution in [-0.2, 0) is 14.8 Å². The summed E-state index contributed by atoms with van der Waals surface area (Å²) in [6.07, 6.45) is 4.62. The van der Waals surface area contributed by atoms with Gasteiger partial charge in [-0.15, -0.1) is 0 Å². The third-order valence-corrected chi connectivity index (χ3v) is 5.82. The number of nitrogens with zero attached hydrogens (tertiary/aromatic N) is 2. The summed E-state index contributed by atoms with van der Waals surface area (Å²) in [6, 6.07) is 4.57. The Bertz CT molecular complexity index is 819. The van der Waals surface area contributed by atoms with Gasteiger partial charge in [0.15, 0.2) is 0 Å². The first-order chi connectivity index (χ1) is 11.5. The van der Waals surface area contributed by atoms with Crippen molar-refractivity contribution in [2.24, 2.45) is 0 Å². The van der Waals surface area contributed by atoms with Crippen molar-refractivity contribution in [3.63, 3.8) is 0 Å². The van der Waals surface area contributed by atoms with Crippen molar-refractivity contribution in [1.29, 1.82) is 0 Å². The van der Waals surface area contributed by atoms with Crippen molar-refractivity contribution in [3.05, 3.63) is 48.0 Å². The highest BCUT2D eigenvalue weighted by Crippen LogP contribution is 2.28. The fraction of sp³-hybridized carbons (Fsp3) is 0.333. The molecule has 0 saturated carbocycles. The molecule has 0 radical (unpaired) electrons. The lowest BCUT2D eigenvalue weighted by Crippen LogP contribution is -2.48. The zero-order chi connectivity index (χ0) is 17.2. The number of aromatic amines is 1. The quantitative estimate of drug-likeness (QED) is 0.780. The Hall–Kier alpha value is -2.23. The van der Waals surface area contributed by atoms with Gasteiger partial charge in [-0.25, -0.2) is 13.2 Å². The second-order valence-corrected chi connectivity index (χ2v) is 7.25. The smallest absolute Gasteiger partial charge is 0.354 e. The molecule has 9 heteroatoms. The van der Waals surface area contributed by atoms with E-state index in [0.29, 0.717) is 19.6 Å². The van der Waals surface area contributed by atoms with Gasteiger partial charge in [0.2, 0.25) is 10.0 Å². The number of ether oxygens (including phenoxy) is 1. The van der Waals surface area contributed by atoms with Crippen LogP contribution in [0, 0.1) is 0 Å². The van der Waals surface area contributed by atoms with E-state index in [4.69, 9.17) is 0 Å². The molecule has 0 amide bonds.